The molecule has 0 amide bonds. The average molecular weight is 1380 g/mol. The van der Waals surface area contributed by atoms with Crippen molar-refractivity contribution in [1.29, 1.82) is 0 Å². The fourth-order valence-electron chi connectivity index (χ4n) is 12.4. The Balaban J connectivity index is 2.40. The summed E-state index contributed by atoms with van der Waals surface area (Å²) < 4.78 is 79.8. The molecule has 14 nitrogen and oxygen atoms in total. The van der Waals surface area contributed by atoms with Crippen LogP contribution in [0.5, 0.6) is 34.5 Å². The van der Waals surface area contributed by atoms with Gasteiger partial charge in [0.1, 0.15) is 74.1 Å². The molecule has 0 unspecified atom stereocenters. The molecule has 0 heterocycles. The van der Waals surface area contributed by atoms with Gasteiger partial charge in [0.15, 0.2) is 62.5 Å². The summed E-state index contributed by atoms with van der Waals surface area (Å²) in [5, 5.41) is 0. The summed E-state index contributed by atoms with van der Waals surface area (Å²) in [5.41, 5.74) is 3.71. The zero-order chi connectivity index (χ0) is 68.1. The summed E-state index contributed by atoms with van der Waals surface area (Å²) in [6.07, 6.45) is 9.66. The molecule has 0 bridgehead atoms. The number of aldehydes is 2. The van der Waals surface area contributed by atoms with Gasteiger partial charge >= 0.3 is 0 Å². The third-order valence-corrected chi connectivity index (χ3v) is 48.8. The highest BCUT2D eigenvalue weighted by molar-refractivity contribution is 6.75. The Hall–Kier alpha value is -3.66. The molecule has 0 fully saturated rings. The molecule has 0 aliphatic rings. The summed E-state index contributed by atoms with van der Waals surface area (Å²) in [7, 11) is -11.4. The van der Waals surface area contributed by atoms with Gasteiger partial charge in [-0.2, -0.15) is 0 Å². The topological polar surface area (TPSA) is 145 Å². The second kappa shape index (κ2) is 43.5. The van der Waals surface area contributed by atoms with Crippen molar-refractivity contribution in [1.82, 2.24) is 0 Å². The summed E-state index contributed by atoms with van der Waals surface area (Å²) in [6.45, 7) is 44.5. The first kappa shape index (κ1) is 82.6. The Morgan fingerprint density at radius 2 is 0.348 bits per heavy atom. The number of rotatable bonds is 54. The fourth-order valence-corrected chi connectivity index (χ4v) is 28.2. The van der Waals surface area contributed by atoms with Crippen molar-refractivity contribution in [2.24, 2.45) is 0 Å². The van der Waals surface area contributed by atoms with Crippen LogP contribution < -0.4 is 28.4 Å². The Kier molecular flexibility index (Phi) is 39.0. The predicted molar refractivity (Wildman–Crippen MR) is 400 cm³/mol. The molecule has 0 N–H and O–H groups in total. The van der Waals surface area contributed by atoms with E-state index < -0.39 is 49.9 Å². The molecule has 92 heavy (non-hydrogen) atoms. The summed E-state index contributed by atoms with van der Waals surface area (Å²) >= 11 is 0. The molecule has 0 spiro atoms. The monoisotopic (exact) mass is 1380 g/mol. The highest BCUT2D eigenvalue weighted by Gasteiger charge is 2.33. The van der Waals surface area contributed by atoms with E-state index in [2.05, 4.69) is 125 Å². The van der Waals surface area contributed by atoms with Crippen LogP contribution in [0.2, 0.25) is 109 Å². The molecule has 0 aliphatic heterocycles. The van der Waals surface area contributed by atoms with Gasteiger partial charge in [-0.15, -0.1) is 0 Å². The minimum Gasteiger partial charge on any atom is -0.491 e. The van der Waals surface area contributed by atoms with Gasteiger partial charge < -0.3 is 55.0 Å². The van der Waals surface area contributed by atoms with Gasteiger partial charge in [-0.3, -0.25) is 9.59 Å². The standard InChI is InChI=1S/C72H126O14Si6/c1-19-87(20-2,21-3)81-47-41-75-67-53-62(38-40-64-56-72(80-46-52-86-92(34-16,35-17)36-18)66(60-74)58-70(64)78-44-50-84-90(28-10,29-11)30-12)68(76-42-48-82-88(22-4,23-5)24-6)54-61(67)37-39-63-55-71(79-45-51-85-91(31-13,32-14)33-15)65(59-73)57-69(63)77-43-49-83-89(25-7,26-8)27-9/h37-40,53-60H,19-36,41-52H2,1-18H3/b39-37+,40-38+. The van der Waals surface area contributed by atoms with E-state index >= 15 is 0 Å². The lowest BCUT2D eigenvalue weighted by Crippen LogP contribution is -2.37. The molecule has 3 aromatic carbocycles. The van der Waals surface area contributed by atoms with Crippen molar-refractivity contribution in [3.63, 3.8) is 0 Å². The maximum atomic E-state index is 12.9. The van der Waals surface area contributed by atoms with E-state index in [0.29, 0.717) is 136 Å². The summed E-state index contributed by atoms with van der Waals surface area (Å²) in [6, 6.07) is 29.9. The lowest BCUT2D eigenvalue weighted by Gasteiger charge is -2.28. The third-order valence-electron chi connectivity index (χ3n) is 20.7. The first-order valence-corrected chi connectivity index (χ1v) is 51.0. The smallest absolute Gasteiger partial charge is 0.192 e. The number of hydrogen-bond acceptors (Lipinski definition) is 14. The van der Waals surface area contributed by atoms with Crippen LogP contribution >= 0.6 is 0 Å². The van der Waals surface area contributed by atoms with E-state index in [0.717, 1.165) is 132 Å². The molecule has 3 aromatic rings. The normalized spacial score (nSPS) is 12.7. The maximum Gasteiger partial charge on any atom is 0.192 e. The first-order chi connectivity index (χ1) is 44.4. The number of ether oxygens (including phenoxy) is 6. The van der Waals surface area contributed by atoms with E-state index in [1.807, 2.05) is 48.6 Å². The van der Waals surface area contributed by atoms with Gasteiger partial charge in [-0.1, -0.05) is 149 Å². The van der Waals surface area contributed by atoms with Crippen molar-refractivity contribution in [2.45, 2.75) is 233 Å². The van der Waals surface area contributed by atoms with Crippen LogP contribution in [0.1, 0.15) is 168 Å². The molecule has 0 saturated carbocycles. The van der Waals surface area contributed by atoms with Crippen molar-refractivity contribution >= 4 is 86.8 Å². The van der Waals surface area contributed by atoms with Crippen molar-refractivity contribution in [2.75, 3.05) is 79.3 Å². The second-order valence-corrected chi connectivity index (χ2v) is 53.0. The van der Waals surface area contributed by atoms with Crippen LogP contribution in [0.4, 0.5) is 0 Å². The van der Waals surface area contributed by atoms with E-state index in [1.165, 1.54) is 0 Å². The number of carbonyl (C=O) groups excluding carboxylic acids is 2. The van der Waals surface area contributed by atoms with E-state index in [1.54, 1.807) is 12.1 Å². The lowest BCUT2D eigenvalue weighted by atomic mass is 10.0. The van der Waals surface area contributed by atoms with Crippen molar-refractivity contribution in [3.05, 3.63) is 69.8 Å². The Bertz CT molecular complexity index is 2400. The van der Waals surface area contributed by atoms with Gasteiger partial charge in [0.05, 0.1) is 50.8 Å². The van der Waals surface area contributed by atoms with Crippen molar-refractivity contribution < 1.29 is 64.6 Å². The van der Waals surface area contributed by atoms with E-state index in [4.69, 9.17) is 55.0 Å². The Labute approximate surface area is 565 Å². The van der Waals surface area contributed by atoms with Crippen LogP contribution in [0.25, 0.3) is 24.3 Å². The zero-order valence-electron chi connectivity index (χ0n) is 60.9. The highest BCUT2D eigenvalue weighted by atomic mass is 28.4. The minimum absolute atomic E-state index is 0.297. The lowest BCUT2D eigenvalue weighted by molar-refractivity contribution is 0.111. The summed E-state index contributed by atoms with van der Waals surface area (Å²) in [4.78, 5) is 25.8. The molecule has 0 atom stereocenters. The zero-order valence-corrected chi connectivity index (χ0v) is 66.9. The Morgan fingerprint density at radius 1 is 0.217 bits per heavy atom. The molecular weight excluding hydrogens is 1260 g/mol. The van der Waals surface area contributed by atoms with E-state index in [9.17, 15) is 9.59 Å². The molecule has 3 rings (SSSR count). The van der Waals surface area contributed by atoms with Gasteiger partial charge in [-0.05, 0) is 145 Å². The minimum atomic E-state index is -1.94. The molecular formula is C72H126O14Si6. The fraction of sp³-hybridized carbons (Fsp3) is 0.667. The second-order valence-electron chi connectivity index (χ2n) is 24.3. The predicted octanol–water partition coefficient (Wildman–Crippen LogP) is 20.1. The number of hydrogen-bond donors (Lipinski definition) is 0. The Morgan fingerprint density at radius 3 is 0.478 bits per heavy atom. The molecule has 0 saturated heterocycles. The molecule has 0 aliphatic carbocycles. The molecule has 522 valence electrons. The van der Waals surface area contributed by atoms with Gasteiger partial charge in [-0.25, -0.2) is 0 Å². The summed E-state index contributed by atoms with van der Waals surface area (Å²) in [5.74, 6) is 3.17. The largest absolute Gasteiger partial charge is 0.491 e. The number of carbonyl (C=O) groups is 2. The van der Waals surface area contributed by atoms with Gasteiger partial charge in [0, 0.05) is 22.3 Å². The van der Waals surface area contributed by atoms with Gasteiger partial charge in [0.2, 0.25) is 0 Å². The maximum absolute atomic E-state index is 12.9. The van der Waals surface area contributed by atoms with Crippen LogP contribution in [0, 0.1) is 0 Å². The molecule has 0 radical (unpaired) electrons. The quantitative estimate of drug-likeness (QED) is 0.0229. The van der Waals surface area contributed by atoms with Crippen LogP contribution in [-0.4, -0.2) is 142 Å². The van der Waals surface area contributed by atoms with Gasteiger partial charge in [0.25, 0.3) is 0 Å². The van der Waals surface area contributed by atoms with E-state index in [-0.39, 0.29) is 0 Å². The SMILES string of the molecule is CC[Si](CC)(CC)OCCOc1cc(/C=C/c2cc(OCCO[Si](CC)(CC)CC)c(/C=C/c3cc(OCCO[Si](CC)(CC)CC)c(C=O)cc3OCCO[Si](CC)(CC)CC)cc2OCCO[Si](CC)(CC)CC)c(OCCO[Si](CC)(CC)CC)cc1C=O. The van der Waals surface area contributed by atoms with Crippen LogP contribution in [0.3, 0.4) is 0 Å². The van der Waals surface area contributed by atoms with Crippen LogP contribution in [-0.2, 0) is 26.6 Å². The van der Waals surface area contributed by atoms with Crippen molar-refractivity contribution in [3.8, 4) is 34.5 Å². The molecule has 20 heteroatoms. The highest BCUT2D eigenvalue weighted by Crippen LogP contribution is 2.38. The third kappa shape index (κ3) is 24.5. The average Bonchev–Trinajstić information content (AvgIpc) is 0.981. The first-order valence-electron chi connectivity index (χ1n) is 35.8. The molecule has 0 aromatic heterocycles. The number of benzene rings is 3. The van der Waals surface area contributed by atoms with Crippen LogP contribution in [0.15, 0.2) is 36.4 Å².